The quantitative estimate of drug-likeness (QED) is 0.414. The molecule has 6 nitrogen and oxygen atoms in total. The van der Waals surface area contributed by atoms with Gasteiger partial charge in [-0.05, 0) is 68.0 Å². The molecule has 0 N–H and O–H groups in total. The molecule has 0 bridgehead atoms. The summed E-state index contributed by atoms with van der Waals surface area (Å²) in [5, 5.41) is 8.12. The van der Waals surface area contributed by atoms with E-state index in [0.717, 1.165) is 35.0 Å². The van der Waals surface area contributed by atoms with Crippen molar-refractivity contribution in [3.63, 3.8) is 0 Å². The number of rotatable bonds is 5. The van der Waals surface area contributed by atoms with Gasteiger partial charge in [-0.15, -0.1) is 11.3 Å². The first-order valence-corrected chi connectivity index (χ1v) is 14.2. The summed E-state index contributed by atoms with van der Waals surface area (Å²) in [6.45, 7) is 4.81. The van der Waals surface area contributed by atoms with E-state index < -0.39 is 0 Å². The third kappa shape index (κ3) is 4.91. The summed E-state index contributed by atoms with van der Waals surface area (Å²) >= 11 is 15.2. The van der Waals surface area contributed by atoms with Crippen LogP contribution in [0.5, 0.6) is 0 Å². The Morgan fingerprint density at radius 2 is 1.76 bits per heavy atom. The van der Waals surface area contributed by atoms with E-state index in [0.29, 0.717) is 36.2 Å². The number of amides is 1. The van der Waals surface area contributed by atoms with Crippen LogP contribution in [0, 0.1) is 0 Å². The van der Waals surface area contributed by atoms with Gasteiger partial charge in [0.05, 0.1) is 32.2 Å². The van der Waals surface area contributed by atoms with Gasteiger partial charge in [0.2, 0.25) is 0 Å². The van der Waals surface area contributed by atoms with Gasteiger partial charge in [0.15, 0.2) is 0 Å². The van der Waals surface area contributed by atoms with Crippen LogP contribution in [0.4, 0.5) is 11.4 Å². The summed E-state index contributed by atoms with van der Waals surface area (Å²) in [5.74, 6) is -0.272. The SMILES string of the molecule is CCCCN1C(=CC=c2sc(=C3C(=O)N(c4ccc(Cl)cc4)N=C3C)n(C)c2=O)Sc2ccc(Cl)cc21. The average Bonchev–Trinajstić information content (AvgIpc) is 3.47. The predicted octanol–water partition coefficient (Wildman–Crippen LogP) is 5.36. The Balaban J connectivity index is 1.55. The lowest BCUT2D eigenvalue weighted by atomic mass is 10.2. The van der Waals surface area contributed by atoms with Crippen molar-refractivity contribution in [2.45, 2.75) is 31.6 Å². The van der Waals surface area contributed by atoms with Crippen molar-refractivity contribution in [3.8, 4) is 0 Å². The highest BCUT2D eigenvalue weighted by molar-refractivity contribution is 8.03. The van der Waals surface area contributed by atoms with Crippen molar-refractivity contribution in [2.75, 3.05) is 16.5 Å². The lowest BCUT2D eigenvalue weighted by Gasteiger charge is -2.20. The highest BCUT2D eigenvalue weighted by atomic mass is 35.5. The van der Waals surface area contributed by atoms with E-state index in [-0.39, 0.29) is 11.5 Å². The molecule has 1 amide bonds. The second kappa shape index (κ2) is 10.5. The number of carbonyl (C=O) groups is 1. The second-order valence-corrected chi connectivity index (χ2v) is 11.6. The van der Waals surface area contributed by atoms with E-state index in [9.17, 15) is 9.59 Å². The molecule has 2 aliphatic rings. The number of hydrazone groups is 1. The number of fused-ring (bicyclic) bond motifs is 1. The minimum Gasteiger partial charge on any atom is -0.335 e. The molecule has 10 heteroatoms. The Hall–Kier alpha value is -2.78. The number of anilines is 2. The van der Waals surface area contributed by atoms with Gasteiger partial charge in [0.1, 0.15) is 4.66 Å². The van der Waals surface area contributed by atoms with Gasteiger partial charge in [-0.2, -0.15) is 10.1 Å². The lowest BCUT2D eigenvalue weighted by molar-refractivity contribution is -0.112. The van der Waals surface area contributed by atoms with Gasteiger partial charge in [-0.1, -0.05) is 48.3 Å². The number of thioether (sulfide) groups is 1. The maximum absolute atomic E-state index is 13.3. The van der Waals surface area contributed by atoms with Gasteiger partial charge >= 0.3 is 0 Å². The number of hydrogen-bond donors (Lipinski definition) is 0. The molecule has 3 aromatic rings. The zero-order valence-corrected chi connectivity index (χ0v) is 23.6. The van der Waals surface area contributed by atoms with E-state index in [2.05, 4.69) is 16.9 Å². The van der Waals surface area contributed by atoms with Gasteiger partial charge in [0, 0.05) is 28.5 Å². The Labute approximate surface area is 232 Å². The average molecular weight is 572 g/mol. The second-order valence-electron chi connectivity index (χ2n) is 8.68. The van der Waals surface area contributed by atoms with Gasteiger partial charge in [-0.25, -0.2) is 0 Å². The molecule has 0 aliphatic carbocycles. The number of benzene rings is 2. The third-order valence-corrected chi connectivity index (χ3v) is 8.95. The number of thiazole rings is 1. The molecule has 0 atom stereocenters. The molecule has 0 fully saturated rings. The lowest BCUT2D eigenvalue weighted by Crippen LogP contribution is -2.32. The smallest absolute Gasteiger partial charge is 0.283 e. The summed E-state index contributed by atoms with van der Waals surface area (Å²) < 4.78 is 2.65. The van der Waals surface area contributed by atoms with Crippen molar-refractivity contribution >= 4 is 80.9 Å². The van der Waals surface area contributed by atoms with Crippen molar-refractivity contribution in [1.82, 2.24) is 4.57 Å². The number of allylic oxidation sites excluding steroid dienone is 1. The van der Waals surface area contributed by atoms with Crippen LogP contribution >= 0.6 is 46.3 Å². The van der Waals surface area contributed by atoms with E-state index in [1.165, 1.54) is 20.9 Å². The standard InChI is InChI=1S/C27H24Cl2N4O2S2/c1-4-5-14-32-20-15-18(29)8-11-21(20)36-23(32)13-12-22-25(34)31(3)27(37-22)24-16(2)30-33(26(24)35)19-9-6-17(28)7-10-19/h6-13,15H,4-5,14H2,1-3H3. The van der Waals surface area contributed by atoms with Gasteiger partial charge < -0.3 is 9.47 Å². The van der Waals surface area contributed by atoms with Crippen molar-refractivity contribution in [2.24, 2.45) is 12.1 Å². The number of hydrogen-bond acceptors (Lipinski definition) is 6. The molecule has 0 unspecified atom stereocenters. The number of aromatic nitrogens is 1. The number of halogens is 2. The molecule has 0 radical (unpaired) electrons. The van der Waals surface area contributed by atoms with Crippen LogP contribution in [0.15, 0.2) is 68.4 Å². The van der Waals surface area contributed by atoms with Crippen LogP contribution < -0.4 is 24.7 Å². The fraction of sp³-hybridized carbons (Fsp3) is 0.222. The summed E-state index contributed by atoms with van der Waals surface area (Å²) in [7, 11) is 1.69. The first kappa shape index (κ1) is 25.9. The van der Waals surface area contributed by atoms with Crippen LogP contribution in [0.3, 0.4) is 0 Å². The molecule has 190 valence electrons. The Kier molecular flexibility index (Phi) is 7.36. The minimum absolute atomic E-state index is 0.154. The van der Waals surface area contributed by atoms with E-state index in [1.807, 2.05) is 30.4 Å². The first-order valence-electron chi connectivity index (χ1n) is 11.8. The maximum Gasteiger partial charge on any atom is 0.283 e. The highest BCUT2D eigenvalue weighted by Crippen LogP contribution is 2.47. The van der Waals surface area contributed by atoms with Crippen LogP contribution in [0.25, 0.3) is 11.6 Å². The van der Waals surface area contributed by atoms with Crippen LogP contribution in [0.1, 0.15) is 26.7 Å². The summed E-state index contributed by atoms with van der Waals surface area (Å²) in [4.78, 5) is 29.9. The third-order valence-electron chi connectivity index (χ3n) is 6.13. The van der Waals surface area contributed by atoms with Crippen molar-refractivity contribution in [3.05, 3.63) is 83.2 Å². The number of unbranched alkanes of at least 4 members (excludes halogenated alkanes) is 1. The van der Waals surface area contributed by atoms with Gasteiger partial charge in [0.25, 0.3) is 11.5 Å². The van der Waals surface area contributed by atoms with Crippen LogP contribution in [-0.4, -0.2) is 22.7 Å². The number of nitrogens with zero attached hydrogens (tertiary/aromatic N) is 4. The fourth-order valence-electron chi connectivity index (χ4n) is 4.20. The molecular formula is C27H24Cl2N4O2S2. The highest BCUT2D eigenvalue weighted by Gasteiger charge is 2.31. The first-order chi connectivity index (χ1) is 17.8. The predicted molar refractivity (Wildman–Crippen MR) is 156 cm³/mol. The maximum atomic E-state index is 13.3. The molecule has 0 spiro atoms. The van der Waals surface area contributed by atoms with E-state index in [4.69, 9.17) is 23.2 Å². The Morgan fingerprint density at radius 3 is 2.49 bits per heavy atom. The van der Waals surface area contributed by atoms with Crippen LogP contribution in [-0.2, 0) is 11.8 Å². The normalized spacial score (nSPS) is 18.3. The summed E-state index contributed by atoms with van der Waals surface area (Å²) in [5.41, 5.74) is 2.54. The van der Waals surface area contributed by atoms with Crippen LogP contribution in [0.2, 0.25) is 10.0 Å². The summed E-state index contributed by atoms with van der Waals surface area (Å²) in [6.07, 6.45) is 5.93. The number of carbonyl (C=O) groups excluding carboxylic acids is 1. The fourth-order valence-corrected chi connectivity index (χ4v) is 6.69. The molecule has 0 saturated heterocycles. The van der Waals surface area contributed by atoms with Gasteiger partial charge in [-0.3, -0.25) is 9.59 Å². The van der Waals surface area contributed by atoms with Crippen molar-refractivity contribution in [1.29, 1.82) is 0 Å². The van der Waals surface area contributed by atoms with Crippen molar-refractivity contribution < 1.29 is 4.79 Å². The van der Waals surface area contributed by atoms with E-state index >= 15 is 0 Å². The monoisotopic (exact) mass is 570 g/mol. The molecule has 3 heterocycles. The minimum atomic E-state index is -0.272. The largest absolute Gasteiger partial charge is 0.335 e. The van der Waals surface area contributed by atoms with E-state index in [1.54, 1.807) is 50.0 Å². The molecule has 2 aliphatic heterocycles. The Morgan fingerprint density at radius 1 is 1.03 bits per heavy atom. The molecule has 5 rings (SSSR count). The topological polar surface area (TPSA) is 57.9 Å². The molecule has 37 heavy (non-hydrogen) atoms. The molecule has 1 aromatic heterocycles. The molecule has 0 saturated carbocycles. The Bertz CT molecular complexity index is 1640. The zero-order valence-electron chi connectivity index (χ0n) is 20.5. The zero-order chi connectivity index (χ0) is 26.3. The molecular weight excluding hydrogens is 547 g/mol. The molecule has 2 aromatic carbocycles. The summed E-state index contributed by atoms with van der Waals surface area (Å²) in [6, 6.07) is 12.8.